The Kier molecular flexibility index (Phi) is 5.94. The number of nitrogens with one attached hydrogen (secondary N) is 1. The maximum atomic E-state index is 12.5. The molecule has 0 radical (unpaired) electrons. The molecule has 0 aliphatic rings. The van der Waals surface area contributed by atoms with Crippen molar-refractivity contribution in [1.82, 2.24) is 9.97 Å². The van der Waals surface area contributed by atoms with E-state index in [-0.39, 0.29) is 5.91 Å². The maximum Gasteiger partial charge on any atom is 0.265 e. The summed E-state index contributed by atoms with van der Waals surface area (Å²) in [6.07, 6.45) is 2.57. The third-order valence-corrected chi connectivity index (χ3v) is 5.14. The summed E-state index contributed by atoms with van der Waals surface area (Å²) in [7, 11) is 0. The van der Waals surface area contributed by atoms with Crippen LogP contribution in [0, 0.1) is 0 Å². The van der Waals surface area contributed by atoms with Crippen molar-refractivity contribution in [3.8, 4) is 17.2 Å². The van der Waals surface area contributed by atoms with Crippen LogP contribution in [0.3, 0.4) is 0 Å². The number of oxazole rings is 1. The van der Waals surface area contributed by atoms with Crippen molar-refractivity contribution in [3.63, 3.8) is 0 Å². The highest BCUT2D eigenvalue weighted by Gasteiger charge is 2.17. The molecule has 2 aromatic heterocycles. The Bertz CT molecular complexity index is 1250. The van der Waals surface area contributed by atoms with Crippen LogP contribution in [-0.2, 0) is 4.79 Å². The van der Waals surface area contributed by atoms with Crippen LogP contribution in [0.15, 0.2) is 63.7 Å². The Labute approximate surface area is 190 Å². The number of halogens is 3. The molecule has 1 N–H and O–H groups in total. The lowest BCUT2D eigenvalue weighted by atomic mass is 10.2. The predicted octanol–water partition coefficient (Wildman–Crippen LogP) is 6.37. The lowest BCUT2D eigenvalue weighted by Gasteiger charge is -2.15. The first-order valence-corrected chi connectivity index (χ1v) is 10.4. The van der Waals surface area contributed by atoms with Crippen LogP contribution in [0.2, 0.25) is 10.0 Å². The van der Waals surface area contributed by atoms with Crippen LogP contribution >= 0.6 is 39.1 Å². The second-order valence-electron chi connectivity index (χ2n) is 6.42. The van der Waals surface area contributed by atoms with Crippen LogP contribution in [-0.4, -0.2) is 22.0 Å². The van der Waals surface area contributed by atoms with Gasteiger partial charge in [-0.15, -0.1) is 0 Å². The standard InChI is InChI=1S/C21H14BrCl2N3O3/c1-11(29-18-4-2-14(23)7-16(18)24)20(28)26-15-3-5-19-17(8-15)27-21(30-19)12-6-13(22)10-25-9-12/h2-11H,1H3,(H,26,28). The number of hydrogen-bond acceptors (Lipinski definition) is 5. The zero-order valence-corrected chi connectivity index (χ0v) is 18.6. The molecule has 0 saturated heterocycles. The molecule has 0 aliphatic heterocycles. The summed E-state index contributed by atoms with van der Waals surface area (Å²) >= 11 is 15.4. The fourth-order valence-corrected chi connectivity index (χ4v) is 3.53. The Morgan fingerprint density at radius 1 is 1.17 bits per heavy atom. The molecule has 1 atom stereocenters. The van der Waals surface area contributed by atoms with Gasteiger partial charge in [0.15, 0.2) is 11.7 Å². The molecule has 9 heteroatoms. The van der Waals surface area contributed by atoms with Gasteiger partial charge in [0.25, 0.3) is 5.91 Å². The Hall–Kier alpha value is -2.61. The average molecular weight is 507 g/mol. The monoisotopic (exact) mass is 505 g/mol. The van der Waals surface area contributed by atoms with E-state index in [1.165, 1.54) is 0 Å². The fourth-order valence-electron chi connectivity index (χ4n) is 2.72. The molecular formula is C21H14BrCl2N3O3. The number of aromatic nitrogens is 2. The topological polar surface area (TPSA) is 77.2 Å². The highest BCUT2D eigenvalue weighted by molar-refractivity contribution is 9.10. The van der Waals surface area contributed by atoms with Gasteiger partial charge in [-0.1, -0.05) is 23.2 Å². The van der Waals surface area contributed by atoms with Gasteiger partial charge in [-0.05, 0) is 65.3 Å². The molecule has 1 unspecified atom stereocenters. The normalized spacial score (nSPS) is 12.0. The number of fused-ring (bicyclic) bond motifs is 1. The van der Waals surface area contributed by atoms with E-state index in [0.29, 0.717) is 38.5 Å². The second kappa shape index (κ2) is 8.63. The number of carbonyl (C=O) groups is 1. The average Bonchev–Trinajstić information content (AvgIpc) is 3.13. The number of rotatable bonds is 5. The Morgan fingerprint density at radius 3 is 2.77 bits per heavy atom. The summed E-state index contributed by atoms with van der Waals surface area (Å²) in [4.78, 5) is 21.1. The number of ether oxygens (including phenoxy) is 1. The largest absolute Gasteiger partial charge is 0.479 e. The SMILES string of the molecule is CC(Oc1ccc(Cl)cc1Cl)C(=O)Nc1ccc2oc(-c3cncc(Br)c3)nc2c1. The molecule has 2 aromatic carbocycles. The quantitative estimate of drug-likeness (QED) is 0.340. The molecule has 30 heavy (non-hydrogen) atoms. The molecule has 1 amide bonds. The summed E-state index contributed by atoms with van der Waals surface area (Å²) in [5.74, 6) is 0.486. The molecule has 0 aliphatic carbocycles. The van der Waals surface area contributed by atoms with E-state index in [9.17, 15) is 4.79 Å². The van der Waals surface area contributed by atoms with Gasteiger partial charge in [0.2, 0.25) is 5.89 Å². The van der Waals surface area contributed by atoms with Gasteiger partial charge in [-0.2, -0.15) is 0 Å². The number of amides is 1. The highest BCUT2D eigenvalue weighted by atomic mass is 79.9. The molecule has 4 aromatic rings. The highest BCUT2D eigenvalue weighted by Crippen LogP contribution is 2.29. The summed E-state index contributed by atoms with van der Waals surface area (Å²) in [5, 5.41) is 3.63. The molecular weight excluding hydrogens is 493 g/mol. The lowest BCUT2D eigenvalue weighted by molar-refractivity contribution is -0.122. The third-order valence-electron chi connectivity index (χ3n) is 4.17. The first kappa shape index (κ1) is 20.7. The van der Waals surface area contributed by atoms with Gasteiger partial charge in [-0.3, -0.25) is 9.78 Å². The minimum Gasteiger partial charge on any atom is -0.479 e. The molecule has 4 rings (SSSR count). The molecule has 0 saturated carbocycles. The van der Waals surface area contributed by atoms with Crippen LogP contribution in [0.25, 0.3) is 22.6 Å². The van der Waals surface area contributed by atoms with E-state index in [2.05, 4.69) is 31.2 Å². The zero-order valence-electron chi connectivity index (χ0n) is 15.5. The van der Waals surface area contributed by atoms with E-state index < -0.39 is 6.10 Å². The summed E-state index contributed by atoms with van der Waals surface area (Å²) < 4.78 is 12.3. The number of anilines is 1. The zero-order chi connectivity index (χ0) is 21.3. The lowest BCUT2D eigenvalue weighted by Crippen LogP contribution is -2.30. The molecule has 0 bridgehead atoms. The maximum absolute atomic E-state index is 12.5. The Morgan fingerprint density at radius 2 is 2.00 bits per heavy atom. The van der Waals surface area contributed by atoms with Crippen molar-refractivity contribution in [2.75, 3.05) is 5.32 Å². The molecule has 152 valence electrons. The first-order valence-electron chi connectivity index (χ1n) is 8.83. The van der Waals surface area contributed by atoms with Gasteiger partial charge >= 0.3 is 0 Å². The van der Waals surface area contributed by atoms with Crippen molar-refractivity contribution < 1.29 is 13.9 Å². The molecule has 0 spiro atoms. The van der Waals surface area contributed by atoms with Crippen molar-refractivity contribution in [3.05, 3.63) is 69.4 Å². The van der Waals surface area contributed by atoms with Gasteiger partial charge in [0.1, 0.15) is 11.3 Å². The van der Waals surface area contributed by atoms with Crippen LogP contribution in [0.5, 0.6) is 5.75 Å². The van der Waals surface area contributed by atoms with Crippen LogP contribution in [0.4, 0.5) is 5.69 Å². The first-order chi connectivity index (χ1) is 14.4. The fraction of sp³-hybridized carbons (Fsp3) is 0.0952. The smallest absolute Gasteiger partial charge is 0.265 e. The number of carbonyl (C=O) groups excluding carboxylic acids is 1. The minimum atomic E-state index is -0.778. The van der Waals surface area contributed by atoms with Crippen LogP contribution < -0.4 is 10.1 Å². The van der Waals surface area contributed by atoms with Crippen LogP contribution in [0.1, 0.15) is 6.92 Å². The van der Waals surface area contributed by atoms with Crippen molar-refractivity contribution in [2.24, 2.45) is 0 Å². The van der Waals surface area contributed by atoms with Gasteiger partial charge in [-0.25, -0.2) is 4.98 Å². The van der Waals surface area contributed by atoms with E-state index >= 15 is 0 Å². The van der Waals surface area contributed by atoms with E-state index in [4.69, 9.17) is 32.4 Å². The molecule has 0 fully saturated rings. The van der Waals surface area contributed by atoms with Gasteiger partial charge in [0, 0.05) is 27.6 Å². The summed E-state index contributed by atoms with van der Waals surface area (Å²) in [6, 6.07) is 11.9. The molecule has 6 nitrogen and oxygen atoms in total. The predicted molar refractivity (Wildman–Crippen MR) is 120 cm³/mol. The van der Waals surface area contributed by atoms with Crippen molar-refractivity contribution in [1.29, 1.82) is 0 Å². The number of benzene rings is 2. The summed E-state index contributed by atoms with van der Waals surface area (Å²) in [5.41, 5.74) is 2.52. The van der Waals surface area contributed by atoms with Crippen molar-refractivity contribution in [2.45, 2.75) is 13.0 Å². The number of pyridine rings is 1. The van der Waals surface area contributed by atoms with Gasteiger partial charge in [0.05, 0.1) is 10.6 Å². The number of hydrogen-bond donors (Lipinski definition) is 1. The van der Waals surface area contributed by atoms with Gasteiger partial charge < -0.3 is 14.5 Å². The Balaban J connectivity index is 1.49. The van der Waals surface area contributed by atoms with E-state index in [0.717, 1.165) is 10.0 Å². The molecule has 2 heterocycles. The second-order valence-corrected chi connectivity index (χ2v) is 8.18. The third kappa shape index (κ3) is 4.59. The number of nitrogens with zero attached hydrogens (tertiary/aromatic N) is 2. The minimum absolute atomic E-state index is 0.333. The van der Waals surface area contributed by atoms with Crippen molar-refractivity contribution >= 4 is 61.8 Å². The van der Waals surface area contributed by atoms with E-state index in [1.54, 1.807) is 55.7 Å². The van der Waals surface area contributed by atoms with E-state index in [1.807, 2.05) is 6.07 Å². The summed E-state index contributed by atoms with van der Waals surface area (Å²) in [6.45, 7) is 1.63.